The first-order valence-corrected chi connectivity index (χ1v) is 7.31. The normalized spacial score (nSPS) is 14.8. The Hall–Kier alpha value is -0.850. The third kappa shape index (κ3) is 3.08. The van der Waals surface area contributed by atoms with Crippen LogP contribution in [0.5, 0.6) is 0 Å². The second kappa shape index (κ2) is 5.66. The highest BCUT2D eigenvalue weighted by Gasteiger charge is 2.22. The van der Waals surface area contributed by atoms with Gasteiger partial charge < -0.3 is 5.73 Å². The molecule has 0 saturated carbocycles. The van der Waals surface area contributed by atoms with Crippen molar-refractivity contribution in [2.45, 2.75) is 36.7 Å². The molecular formula is C11H16N4S2. The minimum absolute atomic E-state index is 0.123. The van der Waals surface area contributed by atoms with Crippen molar-refractivity contribution in [2.75, 3.05) is 0 Å². The molecule has 3 N–H and O–H groups in total. The van der Waals surface area contributed by atoms with E-state index in [4.69, 9.17) is 5.73 Å². The second-order valence-corrected chi connectivity index (χ2v) is 5.92. The molecule has 2 aromatic heterocycles. The number of H-pyrrole nitrogens is 1. The molecule has 2 unspecified atom stereocenters. The van der Waals surface area contributed by atoms with Crippen LogP contribution in [0.1, 0.15) is 29.3 Å². The van der Waals surface area contributed by atoms with Gasteiger partial charge in [0, 0.05) is 10.9 Å². The Morgan fingerprint density at radius 2 is 2.41 bits per heavy atom. The van der Waals surface area contributed by atoms with E-state index in [1.807, 2.05) is 6.92 Å². The Kier molecular flexibility index (Phi) is 4.20. The smallest absolute Gasteiger partial charge is 0.209 e. The molecule has 92 valence electrons. The first-order chi connectivity index (χ1) is 8.20. The van der Waals surface area contributed by atoms with E-state index in [1.165, 1.54) is 4.88 Å². The third-order valence-corrected chi connectivity index (χ3v) is 4.85. The Morgan fingerprint density at radius 3 is 2.94 bits per heavy atom. The van der Waals surface area contributed by atoms with Crippen molar-refractivity contribution in [2.24, 2.45) is 5.73 Å². The van der Waals surface area contributed by atoms with Gasteiger partial charge >= 0.3 is 0 Å². The molecule has 0 aliphatic carbocycles. The van der Waals surface area contributed by atoms with Crippen LogP contribution in [0.3, 0.4) is 0 Å². The predicted molar refractivity (Wildman–Crippen MR) is 72.3 cm³/mol. The average molecular weight is 268 g/mol. The number of nitrogens with one attached hydrogen (secondary N) is 1. The van der Waals surface area contributed by atoms with Crippen LogP contribution in [0.15, 0.2) is 22.7 Å². The van der Waals surface area contributed by atoms with Crippen LogP contribution >= 0.6 is 23.1 Å². The quantitative estimate of drug-likeness (QED) is 0.818. The highest BCUT2D eigenvalue weighted by molar-refractivity contribution is 7.99. The Bertz CT molecular complexity index is 452. The molecule has 0 aliphatic rings. The number of aromatic amines is 1. The predicted octanol–water partition coefficient (Wildman–Crippen LogP) is 2.75. The second-order valence-electron chi connectivity index (χ2n) is 3.83. The molecule has 0 amide bonds. The van der Waals surface area contributed by atoms with E-state index in [2.05, 4.69) is 39.6 Å². The van der Waals surface area contributed by atoms with Crippen molar-refractivity contribution in [3.05, 3.63) is 28.2 Å². The molecule has 0 fully saturated rings. The van der Waals surface area contributed by atoms with Crippen LogP contribution in [-0.2, 0) is 0 Å². The Morgan fingerprint density at radius 1 is 1.59 bits per heavy atom. The van der Waals surface area contributed by atoms with E-state index in [1.54, 1.807) is 23.1 Å². The number of hydrogen-bond donors (Lipinski definition) is 2. The zero-order valence-corrected chi connectivity index (χ0v) is 11.5. The molecule has 0 bridgehead atoms. The molecule has 4 nitrogen and oxygen atoms in total. The monoisotopic (exact) mass is 268 g/mol. The van der Waals surface area contributed by atoms with Gasteiger partial charge in [-0.25, -0.2) is 4.98 Å². The van der Waals surface area contributed by atoms with Crippen LogP contribution < -0.4 is 5.73 Å². The fourth-order valence-corrected chi connectivity index (χ4v) is 3.68. The van der Waals surface area contributed by atoms with Gasteiger partial charge in [0.25, 0.3) is 0 Å². The lowest BCUT2D eigenvalue weighted by molar-refractivity contribution is 0.638. The number of hydrogen-bond acceptors (Lipinski definition) is 5. The zero-order chi connectivity index (χ0) is 12.3. The van der Waals surface area contributed by atoms with Gasteiger partial charge in [-0.15, -0.1) is 16.4 Å². The highest BCUT2D eigenvalue weighted by Crippen LogP contribution is 2.38. The van der Waals surface area contributed by atoms with E-state index < -0.39 is 0 Å². The summed E-state index contributed by atoms with van der Waals surface area (Å²) in [4.78, 5) is 5.61. The van der Waals surface area contributed by atoms with Gasteiger partial charge in [-0.05, 0) is 24.8 Å². The molecule has 0 aliphatic heterocycles. The SMILES string of the molecule is CCC(N)C(Sc1n[nH]c(C)n1)c1cccs1. The van der Waals surface area contributed by atoms with Gasteiger partial charge in [0.05, 0.1) is 5.25 Å². The number of rotatable bonds is 5. The molecular weight excluding hydrogens is 252 g/mol. The summed E-state index contributed by atoms with van der Waals surface area (Å²) >= 11 is 3.37. The lowest BCUT2D eigenvalue weighted by Crippen LogP contribution is -2.25. The maximum absolute atomic E-state index is 6.18. The standard InChI is InChI=1S/C11H16N4S2/c1-3-8(12)10(9-5-4-6-16-9)17-11-13-7(2)14-15-11/h4-6,8,10H,3,12H2,1-2H3,(H,13,14,15). The number of aryl methyl sites for hydroxylation is 1. The summed E-state index contributed by atoms with van der Waals surface area (Å²) in [5, 5.41) is 10.1. The van der Waals surface area contributed by atoms with E-state index in [0.29, 0.717) is 0 Å². The van der Waals surface area contributed by atoms with Gasteiger partial charge in [-0.3, -0.25) is 5.10 Å². The summed E-state index contributed by atoms with van der Waals surface area (Å²) in [6, 6.07) is 4.30. The maximum Gasteiger partial charge on any atom is 0.209 e. The minimum Gasteiger partial charge on any atom is -0.326 e. The molecule has 2 aromatic rings. The molecule has 0 saturated heterocycles. The van der Waals surface area contributed by atoms with Crippen LogP contribution in [0.25, 0.3) is 0 Å². The summed E-state index contributed by atoms with van der Waals surface area (Å²) in [5.74, 6) is 0.836. The zero-order valence-electron chi connectivity index (χ0n) is 9.88. The van der Waals surface area contributed by atoms with Crippen LogP contribution in [0, 0.1) is 6.92 Å². The molecule has 0 radical (unpaired) electrons. The van der Waals surface area contributed by atoms with Crippen molar-refractivity contribution < 1.29 is 0 Å². The molecule has 0 spiro atoms. The summed E-state index contributed by atoms with van der Waals surface area (Å²) in [7, 11) is 0. The maximum atomic E-state index is 6.18. The van der Waals surface area contributed by atoms with Gasteiger partial charge in [0.2, 0.25) is 5.16 Å². The molecule has 2 atom stereocenters. The van der Waals surface area contributed by atoms with Crippen molar-refractivity contribution >= 4 is 23.1 Å². The van der Waals surface area contributed by atoms with Gasteiger partial charge in [-0.2, -0.15) is 0 Å². The lowest BCUT2D eigenvalue weighted by atomic mass is 10.1. The van der Waals surface area contributed by atoms with Gasteiger partial charge in [0.1, 0.15) is 5.82 Å². The summed E-state index contributed by atoms with van der Waals surface area (Å²) < 4.78 is 0. The largest absolute Gasteiger partial charge is 0.326 e. The van der Waals surface area contributed by atoms with Crippen molar-refractivity contribution in [3.63, 3.8) is 0 Å². The molecule has 6 heteroatoms. The van der Waals surface area contributed by atoms with Crippen LogP contribution in [0.2, 0.25) is 0 Å². The highest BCUT2D eigenvalue weighted by atomic mass is 32.2. The number of nitrogens with zero attached hydrogens (tertiary/aromatic N) is 2. The Labute approximate surface area is 109 Å². The third-order valence-electron chi connectivity index (χ3n) is 2.49. The van der Waals surface area contributed by atoms with E-state index >= 15 is 0 Å². The van der Waals surface area contributed by atoms with Crippen molar-refractivity contribution in [1.29, 1.82) is 0 Å². The summed E-state index contributed by atoms with van der Waals surface area (Å²) in [6.45, 7) is 4.01. The number of thioether (sulfide) groups is 1. The van der Waals surface area contributed by atoms with Crippen molar-refractivity contribution in [3.8, 4) is 0 Å². The fourth-order valence-electron chi connectivity index (χ4n) is 1.51. The minimum atomic E-state index is 0.123. The number of aromatic nitrogens is 3. The first kappa shape index (κ1) is 12.6. The first-order valence-electron chi connectivity index (χ1n) is 5.55. The molecule has 2 rings (SSSR count). The van der Waals surface area contributed by atoms with E-state index in [0.717, 1.165) is 17.4 Å². The molecule has 17 heavy (non-hydrogen) atoms. The van der Waals surface area contributed by atoms with E-state index in [9.17, 15) is 0 Å². The molecule has 2 heterocycles. The Balaban J connectivity index is 2.17. The topological polar surface area (TPSA) is 67.6 Å². The van der Waals surface area contributed by atoms with E-state index in [-0.39, 0.29) is 11.3 Å². The molecule has 0 aromatic carbocycles. The number of nitrogens with two attached hydrogens (primary N) is 1. The van der Waals surface area contributed by atoms with Crippen LogP contribution in [0.4, 0.5) is 0 Å². The van der Waals surface area contributed by atoms with Gasteiger partial charge in [-0.1, -0.05) is 24.8 Å². The fraction of sp³-hybridized carbons (Fsp3) is 0.455. The van der Waals surface area contributed by atoms with Gasteiger partial charge in [0.15, 0.2) is 0 Å². The average Bonchev–Trinajstić information content (AvgIpc) is 2.96. The van der Waals surface area contributed by atoms with Crippen LogP contribution in [-0.4, -0.2) is 21.2 Å². The number of thiophene rings is 1. The van der Waals surface area contributed by atoms with Crippen molar-refractivity contribution in [1.82, 2.24) is 15.2 Å². The summed E-state index contributed by atoms with van der Waals surface area (Å²) in [6.07, 6.45) is 0.943. The summed E-state index contributed by atoms with van der Waals surface area (Å²) in [5.41, 5.74) is 6.18. The lowest BCUT2D eigenvalue weighted by Gasteiger charge is -2.19.